The molecule has 1 amide bonds. The van der Waals surface area contributed by atoms with Crippen molar-refractivity contribution in [1.29, 1.82) is 0 Å². The first-order valence-electron chi connectivity index (χ1n) is 3.84. The Balaban J connectivity index is 3.96. The van der Waals surface area contributed by atoms with E-state index in [1.54, 1.807) is 6.92 Å². The Morgan fingerprint density at radius 2 is 2.17 bits per heavy atom. The van der Waals surface area contributed by atoms with Gasteiger partial charge in [0.25, 0.3) is 0 Å². The number of hydrogen-bond donors (Lipinski definition) is 1. The molecule has 0 spiro atoms. The van der Waals surface area contributed by atoms with Crippen molar-refractivity contribution in [2.75, 3.05) is 6.61 Å². The highest BCUT2D eigenvalue weighted by molar-refractivity contribution is 5.83. The minimum Gasteiger partial charge on any atom is -0.464 e. The number of carbonyl (C=O) groups is 2. The Kier molecular flexibility index (Phi) is 5.08. The molecule has 0 rings (SSSR count). The Morgan fingerprint density at radius 3 is 2.50 bits per heavy atom. The molecule has 0 saturated carbocycles. The van der Waals surface area contributed by atoms with E-state index in [0.29, 0.717) is 13.0 Å². The van der Waals surface area contributed by atoms with Crippen molar-refractivity contribution in [2.24, 2.45) is 0 Å². The van der Waals surface area contributed by atoms with Gasteiger partial charge in [0.15, 0.2) is 0 Å². The summed E-state index contributed by atoms with van der Waals surface area (Å²) in [4.78, 5) is 21.6. The number of esters is 1. The molecule has 0 aliphatic carbocycles. The van der Waals surface area contributed by atoms with E-state index in [9.17, 15) is 9.59 Å². The predicted molar refractivity (Wildman–Crippen MR) is 44.2 cm³/mol. The van der Waals surface area contributed by atoms with Gasteiger partial charge in [0.05, 0.1) is 6.61 Å². The van der Waals surface area contributed by atoms with Gasteiger partial charge in [-0.15, -0.1) is 0 Å². The summed E-state index contributed by atoms with van der Waals surface area (Å²) in [6.45, 7) is 6.90. The smallest absolute Gasteiger partial charge is 0.328 e. The fourth-order valence-corrected chi connectivity index (χ4v) is 0.737. The number of carbonyl (C=O) groups excluding carboxylic acids is 2. The first kappa shape index (κ1) is 10.9. The zero-order valence-corrected chi connectivity index (χ0v) is 7.42. The van der Waals surface area contributed by atoms with Gasteiger partial charge in [-0.2, -0.15) is 0 Å². The van der Waals surface area contributed by atoms with E-state index < -0.39 is 12.0 Å². The standard InChI is InChI=1S/C8H14NO3/c1-4-7(9-6(3)10)8(11)12-5-2/h7H,1,4-5H2,2-3H3,(H,9,10). The minimum absolute atomic E-state index is 0.253. The third kappa shape index (κ3) is 3.95. The quantitative estimate of drug-likeness (QED) is 0.619. The molecular formula is C8H14NO3. The summed E-state index contributed by atoms with van der Waals surface area (Å²) in [5.41, 5.74) is 0. The molecule has 0 aromatic rings. The summed E-state index contributed by atoms with van der Waals surface area (Å²) in [7, 11) is 0. The topological polar surface area (TPSA) is 55.4 Å². The van der Waals surface area contributed by atoms with E-state index in [-0.39, 0.29) is 5.91 Å². The molecule has 1 atom stereocenters. The zero-order valence-electron chi connectivity index (χ0n) is 7.42. The van der Waals surface area contributed by atoms with Crippen molar-refractivity contribution >= 4 is 11.9 Å². The maximum absolute atomic E-state index is 11.0. The normalized spacial score (nSPS) is 11.9. The molecule has 0 fully saturated rings. The third-order valence-corrected chi connectivity index (χ3v) is 1.24. The first-order chi connectivity index (χ1) is 5.61. The summed E-state index contributed by atoms with van der Waals surface area (Å²) in [5, 5.41) is 2.44. The third-order valence-electron chi connectivity index (χ3n) is 1.24. The van der Waals surface area contributed by atoms with Crippen LogP contribution in [0.1, 0.15) is 20.3 Å². The maximum Gasteiger partial charge on any atom is 0.328 e. The summed E-state index contributed by atoms with van der Waals surface area (Å²) < 4.78 is 4.70. The molecule has 1 N–H and O–H groups in total. The molecule has 0 aromatic carbocycles. The van der Waals surface area contributed by atoms with E-state index in [0.717, 1.165) is 0 Å². The summed E-state index contributed by atoms with van der Waals surface area (Å²) >= 11 is 0. The van der Waals surface area contributed by atoms with E-state index >= 15 is 0 Å². The van der Waals surface area contributed by atoms with E-state index in [4.69, 9.17) is 4.74 Å². The van der Waals surface area contributed by atoms with Gasteiger partial charge in [-0.25, -0.2) is 4.79 Å². The average molecular weight is 172 g/mol. The molecule has 0 saturated heterocycles. The van der Waals surface area contributed by atoms with Crippen LogP contribution in [0, 0.1) is 6.92 Å². The van der Waals surface area contributed by atoms with Gasteiger partial charge in [0.2, 0.25) is 5.91 Å². The molecule has 1 unspecified atom stereocenters. The highest BCUT2D eigenvalue weighted by Crippen LogP contribution is 1.94. The van der Waals surface area contributed by atoms with Crippen LogP contribution in [-0.2, 0) is 14.3 Å². The minimum atomic E-state index is -0.609. The van der Waals surface area contributed by atoms with E-state index in [1.165, 1.54) is 6.92 Å². The van der Waals surface area contributed by atoms with Crippen LogP contribution in [0.25, 0.3) is 0 Å². The van der Waals surface area contributed by atoms with Crippen LogP contribution < -0.4 is 5.32 Å². The van der Waals surface area contributed by atoms with Crippen LogP contribution >= 0.6 is 0 Å². The lowest BCUT2D eigenvalue weighted by Gasteiger charge is -2.13. The largest absolute Gasteiger partial charge is 0.464 e. The highest BCUT2D eigenvalue weighted by atomic mass is 16.5. The molecule has 0 bridgehead atoms. The van der Waals surface area contributed by atoms with Gasteiger partial charge in [-0.1, -0.05) is 6.92 Å². The molecular weight excluding hydrogens is 158 g/mol. The van der Waals surface area contributed by atoms with Gasteiger partial charge >= 0.3 is 5.97 Å². The Morgan fingerprint density at radius 1 is 1.58 bits per heavy atom. The molecule has 0 heterocycles. The van der Waals surface area contributed by atoms with Crippen LogP contribution in [-0.4, -0.2) is 24.5 Å². The number of nitrogens with one attached hydrogen (secondary N) is 1. The zero-order chi connectivity index (χ0) is 9.56. The van der Waals surface area contributed by atoms with Crippen molar-refractivity contribution in [1.82, 2.24) is 5.32 Å². The highest BCUT2D eigenvalue weighted by Gasteiger charge is 2.17. The molecule has 12 heavy (non-hydrogen) atoms. The second kappa shape index (κ2) is 5.57. The monoisotopic (exact) mass is 172 g/mol. The predicted octanol–water partition coefficient (Wildman–Crippen LogP) is 0.278. The molecule has 1 radical (unpaired) electrons. The second-order valence-corrected chi connectivity index (χ2v) is 2.29. The van der Waals surface area contributed by atoms with Crippen LogP contribution in [0.2, 0.25) is 0 Å². The molecule has 4 heteroatoms. The summed E-state index contributed by atoms with van der Waals surface area (Å²) in [6, 6.07) is -0.609. The van der Waals surface area contributed by atoms with Crippen LogP contribution in [0.15, 0.2) is 0 Å². The number of amides is 1. The van der Waals surface area contributed by atoms with Crippen molar-refractivity contribution in [3.63, 3.8) is 0 Å². The average Bonchev–Trinajstić information content (AvgIpc) is 2.00. The van der Waals surface area contributed by atoms with Crippen LogP contribution in [0.5, 0.6) is 0 Å². The lowest BCUT2D eigenvalue weighted by molar-refractivity contribution is -0.147. The van der Waals surface area contributed by atoms with Crippen molar-refractivity contribution in [2.45, 2.75) is 26.3 Å². The maximum atomic E-state index is 11.0. The van der Waals surface area contributed by atoms with Crippen molar-refractivity contribution in [3.8, 4) is 0 Å². The molecule has 4 nitrogen and oxygen atoms in total. The lowest BCUT2D eigenvalue weighted by Crippen LogP contribution is -2.40. The number of hydrogen-bond acceptors (Lipinski definition) is 3. The lowest BCUT2D eigenvalue weighted by atomic mass is 10.2. The first-order valence-corrected chi connectivity index (χ1v) is 3.84. The Labute approximate surface area is 72.3 Å². The van der Waals surface area contributed by atoms with Gasteiger partial charge in [0.1, 0.15) is 6.04 Å². The Hall–Kier alpha value is -1.06. The summed E-state index contributed by atoms with van der Waals surface area (Å²) in [6.07, 6.45) is 0.304. The molecule has 0 aromatic heterocycles. The number of ether oxygens (including phenoxy) is 1. The van der Waals surface area contributed by atoms with Gasteiger partial charge in [0, 0.05) is 6.92 Å². The molecule has 0 aliphatic heterocycles. The molecule has 69 valence electrons. The van der Waals surface area contributed by atoms with E-state index in [2.05, 4.69) is 12.2 Å². The number of rotatable bonds is 4. The van der Waals surface area contributed by atoms with Crippen molar-refractivity contribution in [3.05, 3.63) is 6.92 Å². The SMILES string of the molecule is [CH2]CC(NC(C)=O)C(=O)OCC. The molecule has 0 aliphatic rings. The second-order valence-electron chi connectivity index (χ2n) is 2.29. The van der Waals surface area contributed by atoms with Gasteiger partial charge in [-0.05, 0) is 13.3 Å². The van der Waals surface area contributed by atoms with Crippen LogP contribution in [0.3, 0.4) is 0 Å². The van der Waals surface area contributed by atoms with Gasteiger partial charge < -0.3 is 10.1 Å². The summed E-state index contributed by atoms with van der Waals surface area (Å²) in [5.74, 6) is -0.681. The van der Waals surface area contributed by atoms with Crippen LogP contribution in [0.4, 0.5) is 0 Å². The van der Waals surface area contributed by atoms with Gasteiger partial charge in [-0.3, -0.25) is 4.79 Å². The Bertz CT molecular complexity index is 168. The van der Waals surface area contributed by atoms with Crippen molar-refractivity contribution < 1.29 is 14.3 Å². The fourth-order valence-electron chi connectivity index (χ4n) is 0.737. The van der Waals surface area contributed by atoms with E-state index in [1.807, 2.05) is 0 Å². The fraction of sp³-hybridized carbons (Fsp3) is 0.625.